The summed E-state index contributed by atoms with van der Waals surface area (Å²) in [6.45, 7) is 0. The molecule has 7 heteroatoms. The highest BCUT2D eigenvalue weighted by Crippen LogP contribution is 2.37. The van der Waals surface area contributed by atoms with Crippen molar-refractivity contribution in [1.29, 1.82) is 0 Å². The van der Waals surface area contributed by atoms with Crippen LogP contribution in [0.5, 0.6) is 0 Å². The molecule has 0 saturated heterocycles. The second-order valence-electron chi connectivity index (χ2n) is 13.1. The normalized spacial score (nSPS) is 11.8. The van der Waals surface area contributed by atoms with Crippen LogP contribution >= 0.6 is 0 Å². The molecule has 0 unspecified atom stereocenters. The molecule has 0 spiro atoms. The molecule has 53 heavy (non-hydrogen) atoms. The van der Waals surface area contributed by atoms with Crippen LogP contribution in [0.1, 0.15) is 0 Å². The van der Waals surface area contributed by atoms with Crippen LogP contribution in [0.25, 0.3) is 106 Å². The molecule has 0 N–H and O–H groups in total. The summed E-state index contributed by atoms with van der Waals surface area (Å²) >= 11 is 0. The van der Waals surface area contributed by atoms with Gasteiger partial charge in [0.05, 0.1) is 11.0 Å². The van der Waals surface area contributed by atoms with Gasteiger partial charge in [0.1, 0.15) is 16.7 Å². The molecule has 0 aliphatic rings. The molecule has 0 aliphatic heterocycles. The summed E-state index contributed by atoms with van der Waals surface area (Å²) in [7, 11) is 0. The minimum absolute atomic E-state index is 0.578. The van der Waals surface area contributed by atoms with E-state index in [9.17, 15) is 0 Å². The number of benzene rings is 7. The number of hydrogen-bond donors (Lipinski definition) is 0. The van der Waals surface area contributed by atoms with Crippen LogP contribution in [-0.2, 0) is 0 Å². The largest absolute Gasteiger partial charge is 0.456 e. The van der Waals surface area contributed by atoms with Crippen LogP contribution in [-0.4, -0.2) is 24.5 Å². The zero-order valence-electron chi connectivity index (χ0n) is 28.1. The Morgan fingerprint density at radius 2 is 0.943 bits per heavy atom. The number of furan rings is 1. The second-order valence-corrected chi connectivity index (χ2v) is 13.1. The van der Waals surface area contributed by atoms with E-state index in [0.717, 1.165) is 77.4 Å². The van der Waals surface area contributed by atoms with E-state index < -0.39 is 0 Å². The predicted octanol–water partition coefficient (Wildman–Crippen LogP) is 11.7. The van der Waals surface area contributed by atoms with Gasteiger partial charge in [-0.2, -0.15) is 0 Å². The van der Waals surface area contributed by atoms with Crippen LogP contribution in [0.4, 0.5) is 0 Å². The van der Waals surface area contributed by atoms with Crippen molar-refractivity contribution < 1.29 is 8.83 Å². The number of fused-ring (bicyclic) bond motifs is 7. The third kappa shape index (κ3) is 4.82. The van der Waals surface area contributed by atoms with E-state index in [4.69, 9.17) is 28.8 Å². The van der Waals surface area contributed by atoms with Crippen molar-refractivity contribution in [3.8, 4) is 51.3 Å². The van der Waals surface area contributed by atoms with E-state index >= 15 is 0 Å². The number of rotatable bonds is 5. The summed E-state index contributed by atoms with van der Waals surface area (Å²) in [5, 5.41) is 4.47. The fourth-order valence-electron chi connectivity index (χ4n) is 7.35. The van der Waals surface area contributed by atoms with Crippen molar-refractivity contribution in [2.75, 3.05) is 0 Å². The summed E-state index contributed by atoms with van der Waals surface area (Å²) < 4.78 is 14.7. The summed E-state index contributed by atoms with van der Waals surface area (Å²) in [5.74, 6) is 2.37. The Balaban J connectivity index is 1.04. The first-order chi connectivity index (χ1) is 26.2. The number of oxazole rings is 1. The standard InChI is InChI=1S/C46H27N5O2/c1-2-10-28(11-3-1)43-48-44(50-45(49-43)30-20-25-36-35-13-5-8-16-40(35)52-42(36)27-30)29-18-22-32(23-19-29)51-38-15-7-4-12-33(38)34-24-21-31(26-39(34)51)46-47-37-14-6-9-17-41(37)53-46/h1-27H. The maximum atomic E-state index is 6.22. The number of para-hydroxylation sites is 4. The molecule has 7 aromatic carbocycles. The van der Waals surface area contributed by atoms with Gasteiger partial charge in [0.15, 0.2) is 23.1 Å². The summed E-state index contributed by atoms with van der Waals surface area (Å²) in [6.07, 6.45) is 0. The number of aromatic nitrogens is 5. The van der Waals surface area contributed by atoms with E-state index in [1.165, 1.54) is 5.39 Å². The lowest BCUT2D eigenvalue weighted by Crippen LogP contribution is -2.00. The van der Waals surface area contributed by atoms with Crippen LogP contribution in [0, 0.1) is 0 Å². The molecule has 0 fully saturated rings. The van der Waals surface area contributed by atoms with Gasteiger partial charge in [0.25, 0.3) is 0 Å². The van der Waals surface area contributed by atoms with Gasteiger partial charge >= 0.3 is 0 Å². The van der Waals surface area contributed by atoms with Gasteiger partial charge in [0.2, 0.25) is 5.89 Å². The van der Waals surface area contributed by atoms with Crippen LogP contribution in [0.15, 0.2) is 173 Å². The molecule has 0 radical (unpaired) electrons. The lowest BCUT2D eigenvalue weighted by molar-refractivity contribution is 0.620. The van der Waals surface area contributed by atoms with Crippen LogP contribution < -0.4 is 0 Å². The second kappa shape index (κ2) is 11.6. The van der Waals surface area contributed by atoms with Gasteiger partial charge in [-0.3, -0.25) is 0 Å². The first kappa shape index (κ1) is 29.4. The zero-order valence-corrected chi connectivity index (χ0v) is 28.1. The Labute approximate surface area is 302 Å². The summed E-state index contributed by atoms with van der Waals surface area (Å²) in [6, 6.07) is 55.4. The first-order valence-electron chi connectivity index (χ1n) is 17.5. The molecule has 7 nitrogen and oxygen atoms in total. The maximum Gasteiger partial charge on any atom is 0.227 e. The summed E-state index contributed by atoms with van der Waals surface area (Å²) in [5.41, 5.74) is 10.0. The maximum absolute atomic E-state index is 6.22. The van der Waals surface area contributed by atoms with Gasteiger partial charge in [-0.05, 0) is 72.8 Å². The number of hydrogen-bond acceptors (Lipinski definition) is 6. The third-order valence-corrected chi connectivity index (χ3v) is 9.90. The molecular formula is C46H27N5O2. The molecule has 248 valence electrons. The Kier molecular flexibility index (Phi) is 6.42. The Morgan fingerprint density at radius 3 is 1.75 bits per heavy atom. The fraction of sp³-hybridized carbons (Fsp3) is 0. The molecule has 0 saturated carbocycles. The van der Waals surface area contributed by atoms with Crippen molar-refractivity contribution in [1.82, 2.24) is 24.5 Å². The molecular weight excluding hydrogens is 655 g/mol. The zero-order chi connectivity index (χ0) is 34.9. The molecule has 0 bridgehead atoms. The lowest BCUT2D eigenvalue weighted by Gasteiger charge is -2.11. The number of nitrogens with zero attached hydrogens (tertiary/aromatic N) is 5. The SMILES string of the molecule is c1ccc(-c2nc(-c3ccc(-n4c5ccccc5c5ccc(-c6nc7ccccc7o6)cc54)cc3)nc(-c3ccc4c(c3)oc3ccccc34)n2)cc1. The quantitative estimate of drug-likeness (QED) is 0.180. The van der Waals surface area contributed by atoms with Crippen molar-refractivity contribution in [2.45, 2.75) is 0 Å². The first-order valence-corrected chi connectivity index (χ1v) is 17.5. The molecule has 0 amide bonds. The topological polar surface area (TPSA) is 82.8 Å². The van der Waals surface area contributed by atoms with Crippen LogP contribution in [0.2, 0.25) is 0 Å². The monoisotopic (exact) mass is 681 g/mol. The lowest BCUT2D eigenvalue weighted by atomic mass is 10.1. The van der Waals surface area contributed by atoms with Crippen molar-refractivity contribution in [2.24, 2.45) is 0 Å². The van der Waals surface area contributed by atoms with E-state index in [1.54, 1.807) is 0 Å². The van der Waals surface area contributed by atoms with Gasteiger partial charge in [-0.1, -0.05) is 91.0 Å². The average Bonchev–Trinajstić information content (AvgIpc) is 3.92. The van der Waals surface area contributed by atoms with Crippen molar-refractivity contribution in [3.63, 3.8) is 0 Å². The Bertz CT molecular complexity index is 3140. The molecule has 0 atom stereocenters. The van der Waals surface area contributed by atoms with Crippen LogP contribution in [0.3, 0.4) is 0 Å². The van der Waals surface area contributed by atoms with Crippen molar-refractivity contribution >= 4 is 54.8 Å². The Morgan fingerprint density at radius 1 is 0.358 bits per heavy atom. The fourth-order valence-corrected chi connectivity index (χ4v) is 7.35. The Hall–Kier alpha value is -7.38. The smallest absolute Gasteiger partial charge is 0.227 e. The highest BCUT2D eigenvalue weighted by molar-refractivity contribution is 6.10. The third-order valence-electron chi connectivity index (χ3n) is 9.90. The minimum Gasteiger partial charge on any atom is -0.456 e. The van der Waals surface area contributed by atoms with E-state index in [1.807, 2.05) is 78.9 Å². The van der Waals surface area contributed by atoms with Crippen molar-refractivity contribution in [3.05, 3.63) is 164 Å². The minimum atomic E-state index is 0.578. The van der Waals surface area contributed by atoms with Gasteiger partial charge in [-0.25, -0.2) is 19.9 Å². The van der Waals surface area contributed by atoms with E-state index in [0.29, 0.717) is 23.4 Å². The van der Waals surface area contributed by atoms with Gasteiger partial charge in [0, 0.05) is 49.5 Å². The summed E-state index contributed by atoms with van der Waals surface area (Å²) in [4.78, 5) is 19.7. The molecule has 4 aromatic heterocycles. The molecule has 11 rings (SSSR count). The average molecular weight is 682 g/mol. The van der Waals surface area contributed by atoms with E-state index in [-0.39, 0.29) is 0 Å². The molecule has 4 heterocycles. The highest BCUT2D eigenvalue weighted by atomic mass is 16.3. The predicted molar refractivity (Wildman–Crippen MR) is 211 cm³/mol. The van der Waals surface area contributed by atoms with Gasteiger partial charge < -0.3 is 13.4 Å². The highest BCUT2D eigenvalue weighted by Gasteiger charge is 2.18. The van der Waals surface area contributed by atoms with Gasteiger partial charge in [-0.15, -0.1) is 0 Å². The van der Waals surface area contributed by atoms with E-state index in [2.05, 4.69) is 89.5 Å². The molecule has 0 aliphatic carbocycles. The molecule has 11 aromatic rings.